The predicted octanol–water partition coefficient (Wildman–Crippen LogP) is 4.58. The molecule has 0 saturated heterocycles. The maximum atomic E-state index is 12.5. The summed E-state index contributed by atoms with van der Waals surface area (Å²) in [6.07, 6.45) is 0.465. The fraction of sp³-hybridized carbons (Fsp3) is 0.280. The minimum absolute atomic E-state index is 0.239. The second-order valence-corrected chi connectivity index (χ2v) is 10.5. The van der Waals surface area contributed by atoms with E-state index in [1.807, 2.05) is 54.6 Å². The average Bonchev–Trinajstić information content (AvgIpc) is 2.78. The van der Waals surface area contributed by atoms with Gasteiger partial charge in [0.05, 0.1) is 24.6 Å². The minimum Gasteiger partial charge on any atom is -0.387 e. The molecular weight excluding hydrogens is 488 g/mol. The van der Waals surface area contributed by atoms with Crippen LogP contribution < -0.4 is 4.31 Å². The van der Waals surface area contributed by atoms with Crippen molar-refractivity contribution in [3.8, 4) is 0 Å². The number of alkyl halides is 1. The lowest BCUT2D eigenvalue weighted by Crippen LogP contribution is -2.31. The van der Waals surface area contributed by atoms with Gasteiger partial charge in [0.1, 0.15) is 0 Å². The zero-order chi connectivity index (χ0) is 23.0. The molecule has 0 amide bonds. The summed E-state index contributed by atoms with van der Waals surface area (Å²) in [5.41, 5.74) is 3.32. The second kappa shape index (κ2) is 11.6. The molecule has 0 aliphatic heterocycles. The molecule has 0 fully saturated rings. The SMILES string of the molecule is CS(=O)(=O)N(Cc1ccccc1)c1cccc([C@@H](O)CN(CCBr)Cc2ccccc2)c1. The van der Waals surface area contributed by atoms with Gasteiger partial charge in [-0.1, -0.05) is 88.7 Å². The van der Waals surface area contributed by atoms with Crippen molar-refractivity contribution >= 4 is 31.6 Å². The molecule has 0 radical (unpaired) electrons. The van der Waals surface area contributed by atoms with Gasteiger partial charge in [0.2, 0.25) is 10.0 Å². The zero-order valence-electron chi connectivity index (χ0n) is 18.1. The highest BCUT2D eigenvalue weighted by Gasteiger charge is 2.20. The molecule has 3 aromatic rings. The molecule has 0 bridgehead atoms. The van der Waals surface area contributed by atoms with E-state index in [0.717, 1.165) is 24.0 Å². The number of anilines is 1. The largest absolute Gasteiger partial charge is 0.387 e. The molecule has 5 nitrogen and oxygen atoms in total. The Hall–Kier alpha value is -2.19. The molecule has 0 saturated carbocycles. The van der Waals surface area contributed by atoms with Crippen LogP contribution in [0.5, 0.6) is 0 Å². The smallest absolute Gasteiger partial charge is 0.232 e. The van der Waals surface area contributed by atoms with Crippen LogP contribution >= 0.6 is 15.9 Å². The van der Waals surface area contributed by atoms with Crippen molar-refractivity contribution in [2.75, 3.05) is 29.0 Å². The lowest BCUT2D eigenvalue weighted by Gasteiger charge is -2.26. The Morgan fingerprint density at radius 1 is 0.875 bits per heavy atom. The first-order valence-corrected chi connectivity index (χ1v) is 13.5. The molecule has 1 atom stereocenters. The fourth-order valence-electron chi connectivity index (χ4n) is 3.58. The first-order chi connectivity index (χ1) is 15.4. The summed E-state index contributed by atoms with van der Waals surface area (Å²) in [7, 11) is -3.50. The number of rotatable bonds is 11. The molecule has 0 aliphatic carbocycles. The van der Waals surface area contributed by atoms with Crippen molar-refractivity contribution in [1.29, 1.82) is 0 Å². The van der Waals surface area contributed by atoms with Crippen LogP contribution in [0.4, 0.5) is 5.69 Å². The molecule has 3 rings (SSSR count). The molecule has 1 N–H and O–H groups in total. The molecular formula is C25H29BrN2O3S. The first-order valence-electron chi connectivity index (χ1n) is 10.5. The lowest BCUT2D eigenvalue weighted by atomic mass is 10.1. The Balaban J connectivity index is 1.79. The zero-order valence-corrected chi connectivity index (χ0v) is 20.5. The van der Waals surface area contributed by atoms with E-state index in [0.29, 0.717) is 17.8 Å². The number of benzene rings is 3. The highest BCUT2D eigenvalue weighted by Crippen LogP contribution is 2.25. The molecule has 0 heterocycles. The predicted molar refractivity (Wildman–Crippen MR) is 134 cm³/mol. The van der Waals surface area contributed by atoms with Crippen LogP contribution in [-0.4, -0.2) is 43.1 Å². The Morgan fingerprint density at radius 3 is 2.03 bits per heavy atom. The normalized spacial score (nSPS) is 12.6. The molecule has 3 aromatic carbocycles. The summed E-state index contributed by atoms with van der Waals surface area (Å²) < 4.78 is 26.4. The van der Waals surface area contributed by atoms with Crippen LogP contribution in [0.1, 0.15) is 22.8 Å². The summed E-state index contributed by atoms with van der Waals surface area (Å²) >= 11 is 3.50. The van der Waals surface area contributed by atoms with Gasteiger partial charge in [-0.2, -0.15) is 0 Å². The molecule has 32 heavy (non-hydrogen) atoms. The number of aliphatic hydroxyl groups excluding tert-OH is 1. The van der Waals surface area contributed by atoms with Crippen LogP contribution in [0.2, 0.25) is 0 Å². The van der Waals surface area contributed by atoms with Crippen molar-refractivity contribution in [2.24, 2.45) is 0 Å². The Morgan fingerprint density at radius 2 is 1.47 bits per heavy atom. The third-order valence-electron chi connectivity index (χ3n) is 5.19. The number of nitrogens with zero attached hydrogens (tertiary/aromatic N) is 2. The van der Waals surface area contributed by atoms with Crippen molar-refractivity contribution in [1.82, 2.24) is 4.90 Å². The fourth-order valence-corrected chi connectivity index (χ4v) is 4.96. The average molecular weight is 517 g/mol. The van der Waals surface area contributed by atoms with Gasteiger partial charge < -0.3 is 5.11 Å². The number of sulfonamides is 1. The van der Waals surface area contributed by atoms with Gasteiger partial charge in [-0.25, -0.2) is 8.42 Å². The molecule has 0 spiro atoms. The third kappa shape index (κ3) is 7.17. The van der Waals surface area contributed by atoms with E-state index in [1.165, 1.54) is 16.1 Å². The highest BCUT2D eigenvalue weighted by atomic mass is 79.9. The Bertz CT molecular complexity index is 1080. The van der Waals surface area contributed by atoms with Gasteiger partial charge in [-0.05, 0) is 28.8 Å². The van der Waals surface area contributed by atoms with E-state index in [4.69, 9.17) is 0 Å². The number of aliphatic hydroxyl groups is 1. The first kappa shape index (κ1) is 24.5. The molecule has 7 heteroatoms. The highest BCUT2D eigenvalue weighted by molar-refractivity contribution is 9.09. The number of hydrogen-bond acceptors (Lipinski definition) is 4. The molecule has 0 unspecified atom stereocenters. The summed E-state index contributed by atoms with van der Waals surface area (Å²) in [5.74, 6) is 0. The van der Waals surface area contributed by atoms with Crippen LogP contribution in [0.25, 0.3) is 0 Å². The number of hydrogen-bond donors (Lipinski definition) is 1. The standard InChI is InChI=1S/C25H29BrN2O3S/c1-32(30,31)28(19-22-11-6-3-7-12-22)24-14-8-13-23(17-24)25(29)20-27(16-15-26)18-21-9-4-2-5-10-21/h2-14,17,25,29H,15-16,18-20H2,1H3/t25-/m0/s1. The van der Waals surface area contributed by atoms with Gasteiger partial charge in [0.25, 0.3) is 0 Å². The van der Waals surface area contributed by atoms with Gasteiger partial charge >= 0.3 is 0 Å². The van der Waals surface area contributed by atoms with E-state index in [1.54, 1.807) is 18.2 Å². The van der Waals surface area contributed by atoms with E-state index in [2.05, 4.69) is 33.0 Å². The van der Waals surface area contributed by atoms with Crippen molar-refractivity contribution < 1.29 is 13.5 Å². The van der Waals surface area contributed by atoms with Gasteiger partial charge in [-0.3, -0.25) is 9.21 Å². The maximum Gasteiger partial charge on any atom is 0.232 e. The molecule has 0 aliphatic rings. The van der Waals surface area contributed by atoms with Gasteiger partial charge in [0.15, 0.2) is 0 Å². The van der Waals surface area contributed by atoms with Crippen LogP contribution in [-0.2, 0) is 23.1 Å². The van der Waals surface area contributed by atoms with Crippen molar-refractivity contribution in [3.05, 3.63) is 102 Å². The monoisotopic (exact) mass is 516 g/mol. The van der Waals surface area contributed by atoms with E-state index in [-0.39, 0.29) is 6.54 Å². The Kier molecular flexibility index (Phi) is 8.87. The van der Waals surface area contributed by atoms with Crippen LogP contribution in [0.3, 0.4) is 0 Å². The van der Waals surface area contributed by atoms with Crippen molar-refractivity contribution in [3.63, 3.8) is 0 Å². The lowest BCUT2D eigenvalue weighted by molar-refractivity contribution is 0.113. The summed E-state index contributed by atoms with van der Waals surface area (Å²) in [4.78, 5) is 2.18. The summed E-state index contributed by atoms with van der Waals surface area (Å²) in [6, 6.07) is 26.8. The van der Waals surface area contributed by atoms with Crippen molar-refractivity contribution in [2.45, 2.75) is 19.2 Å². The second-order valence-electron chi connectivity index (χ2n) is 7.78. The van der Waals surface area contributed by atoms with E-state index < -0.39 is 16.1 Å². The van der Waals surface area contributed by atoms with Crippen LogP contribution in [0, 0.1) is 0 Å². The maximum absolute atomic E-state index is 12.5. The molecule has 170 valence electrons. The van der Waals surface area contributed by atoms with Crippen LogP contribution in [0.15, 0.2) is 84.9 Å². The minimum atomic E-state index is -3.50. The summed E-state index contributed by atoms with van der Waals surface area (Å²) in [6.45, 7) is 2.20. The van der Waals surface area contributed by atoms with E-state index >= 15 is 0 Å². The Labute approximate surface area is 199 Å². The van der Waals surface area contributed by atoms with Gasteiger partial charge in [0, 0.05) is 25.0 Å². The number of halogens is 1. The van der Waals surface area contributed by atoms with Gasteiger partial charge in [-0.15, -0.1) is 0 Å². The molecule has 0 aromatic heterocycles. The third-order valence-corrected chi connectivity index (χ3v) is 6.69. The van der Waals surface area contributed by atoms with E-state index in [9.17, 15) is 13.5 Å². The topological polar surface area (TPSA) is 60.9 Å². The summed E-state index contributed by atoms with van der Waals surface area (Å²) in [5, 5.41) is 11.8. The quantitative estimate of drug-likeness (QED) is 0.379.